The summed E-state index contributed by atoms with van der Waals surface area (Å²) in [5.41, 5.74) is -1.26. The van der Waals surface area contributed by atoms with Crippen molar-refractivity contribution in [3.05, 3.63) is 29.8 Å². The normalized spacial score (nSPS) is 18.4. The van der Waals surface area contributed by atoms with E-state index in [0.29, 0.717) is 5.56 Å². The van der Waals surface area contributed by atoms with Crippen LogP contribution in [0.15, 0.2) is 24.3 Å². The first-order valence-electron chi connectivity index (χ1n) is 12.0. The second-order valence-electron chi connectivity index (χ2n) is 8.50. The van der Waals surface area contributed by atoms with Gasteiger partial charge in [0.25, 0.3) is 0 Å². The number of Topliss-reactive ketones (excluding diaryl/α,β-unsaturated/α-hetero) is 1. The van der Waals surface area contributed by atoms with Gasteiger partial charge < -0.3 is 29.3 Å². The molecule has 2 rings (SSSR count). The van der Waals surface area contributed by atoms with Crippen LogP contribution in [-0.2, 0) is 23.8 Å². The molecule has 8 heteroatoms. The van der Waals surface area contributed by atoms with Gasteiger partial charge in [-0.1, -0.05) is 45.2 Å². The van der Waals surface area contributed by atoms with Crippen LogP contribution >= 0.6 is 0 Å². The standard InChI is InChI=1S/C25H39NO7/c1-5-9-10-18(6-2)15-31-23(29)25(30,24-32-16-21(27)17-33-24)22(28)19-11-13-20(14-12-19)26(7-3)8-4/h11-14,18,22,24,28,30H,5-10,15-17H2,1-4H3. The lowest BCUT2D eigenvalue weighted by molar-refractivity contribution is -0.277. The lowest BCUT2D eigenvalue weighted by atomic mass is 9.89. The predicted octanol–water partition coefficient (Wildman–Crippen LogP) is 3.00. The summed E-state index contributed by atoms with van der Waals surface area (Å²) in [6, 6.07) is 6.95. The van der Waals surface area contributed by atoms with Crippen LogP contribution in [0.25, 0.3) is 0 Å². The Morgan fingerprint density at radius 1 is 1.15 bits per heavy atom. The summed E-state index contributed by atoms with van der Waals surface area (Å²) in [6.45, 7) is 9.34. The molecule has 0 aliphatic carbocycles. The number of nitrogens with zero attached hydrogens (tertiary/aromatic N) is 1. The van der Waals surface area contributed by atoms with E-state index in [1.54, 1.807) is 12.1 Å². The molecular formula is C25H39NO7. The van der Waals surface area contributed by atoms with E-state index in [1.807, 2.05) is 32.9 Å². The van der Waals surface area contributed by atoms with Gasteiger partial charge >= 0.3 is 5.97 Å². The van der Waals surface area contributed by atoms with Crippen LogP contribution in [0.5, 0.6) is 0 Å². The lowest BCUT2D eigenvalue weighted by Crippen LogP contribution is -2.59. The van der Waals surface area contributed by atoms with Crippen molar-refractivity contribution >= 4 is 17.4 Å². The molecule has 2 N–H and O–H groups in total. The summed E-state index contributed by atoms with van der Waals surface area (Å²) >= 11 is 0. The summed E-state index contributed by atoms with van der Waals surface area (Å²) in [4.78, 5) is 26.8. The number of ketones is 1. The third-order valence-corrected chi connectivity index (χ3v) is 6.23. The molecule has 8 nitrogen and oxygen atoms in total. The topological polar surface area (TPSA) is 106 Å². The number of hydrogen-bond donors (Lipinski definition) is 2. The third-order valence-electron chi connectivity index (χ3n) is 6.23. The largest absolute Gasteiger partial charge is 0.463 e. The molecule has 1 aromatic rings. The Balaban J connectivity index is 2.26. The third kappa shape index (κ3) is 6.76. The molecule has 1 heterocycles. The van der Waals surface area contributed by atoms with Gasteiger partial charge in [0.05, 0.1) is 6.61 Å². The molecule has 3 atom stereocenters. The van der Waals surface area contributed by atoms with Gasteiger partial charge in [0.2, 0.25) is 11.9 Å². The van der Waals surface area contributed by atoms with Crippen molar-refractivity contribution < 1.29 is 34.0 Å². The number of anilines is 1. The smallest absolute Gasteiger partial charge is 0.346 e. The number of rotatable bonds is 13. The van der Waals surface area contributed by atoms with E-state index in [4.69, 9.17) is 14.2 Å². The van der Waals surface area contributed by atoms with Crippen LogP contribution in [-0.4, -0.2) is 66.8 Å². The molecule has 1 saturated heterocycles. The van der Waals surface area contributed by atoms with Gasteiger partial charge in [0.1, 0.15) is 19.3 Å². The molecule has 3 unspecified atom stereocenters. The highest BCUT2D eigenvalue weighted by molar-refractivity contribution is 5.83. The van der Waals surface area contributed by atoms with Gasteiger partial charge in [0.15, 0.2) is 5.78 Å². The molecule has 1 aliphatic rings. The zero-order valence-corrected chi connectivity index (χ0v) is 20.3. The predicted molar refractivity (Wildman–Crippen MR) is 125 cm³/mol. The van der Waals surface area contributed by atoms with E-state index in [2.05, 4.69) is 11.8 Å². The zero-order chi connectivity index (χ0) is 24.4. The average molecular weight is 466 g/mol. The summed E-state index contributed by atoms with van der Waals surface area (Å²) in [6.07, 6.45) is 0.568. The van der Waals surface area contributed by atoms with Crippen LogP contribution in [0, 0.1) is 5.92 Å². The second-order valence-corrected chi connectivity index (χ2v) is 8.50. The number of benzene rings is 1. The Hall–Kier alpha value is -2.00. The van der Waals surface area contributed by atoms with E-state index in [9.17, 15) is 19.8 Å². The molecule has 33 heavy (non-hydrogen) atoms. The number of carbonyl (C=O) groups is 2. The van der Waals surface area contributed by atoms with Crippen LogP contribution in [0.4, 0.5) is 5.69 Å². The first-order valence-corrected chi connectivity index (χ1v) is 12.0. The molecule has 186 valence electrons. The Morgan fingerprint density at radius 2 is 1.76 bits per heavy atom. The number of carbonyl (C=O) groups excluding carboxylic acids is 2. The number of unbranched alkanes of at least 4 members (excludes halogenated alkanes) is 1. The van der Waals surface area contributed by atoms with Gasteiger partial charge in [0, 0.05) is 18.8 Å². The summed E-state index contributed by atoms with van der Waals surface area (Å²) < 4.78 is 16.1. The second kappa shape index (κ2) is 13.0. The van der Waals surface area contributed by atoms with Crippen molar-refractivity contribution in [3.63, 3.8) is 0 Å². The molecule has 1 fully saturated rings. The Morgan fingerprint density at radius 3 is 2.27 bits per heavy atom. The van der Waals surface area contributed by atoms with Crippen molar-refractivity contribution in [1.29, 1.82) is 0 Å². The van der Waals surface area contributed by atoms with Gasteiger partial charge in [-0.3, -0.25) is 4.79 Å². The fraction of sp³-hybridized carbons (Fsp3) is 0.680. The molecule has 0 spiro atoms. The van der Waals surface area contributed by atoms with Crippen LogP contribution < -0.4 is 4.90 Å². The number of hydrogen-bond acceptors (Lipinski definition) is 8. The van der Waals surface area contributed by atoms with E-state index < -0.39 is 24.0 Å². The fourth-order valence-electron chi connectivity index (χ4n) is 3.94. The Bertz CT molecular complexity index is 740. The van der Waals surface area contributed by atoms with Gasteiger partial charge in [-0.25, -0.2) is 4.79 Å². The zero-order valence-electron chi connectivity index (χ0n) is 20.3. The SMILES string of the molecule is CCCCC(CC)COC(=O)C(O)(C1OCC(=O)CO1)C(O)c1ccc(N(CC)CC)cc1. The molecule has 1 aliphatic heterocycles. The minimum atomic E-state index is -2.53. The highest BCUT2D eigenvalue weighted by atomic mass is 16.7. The van der Waals surface area contributed by atoms with Crippen LogP contribution in [0.2, 0.25) is 0 Å². The highest BCUT2D eigenvalue weighted by Gasteiger charge is 2.55. The molecule has 0 saturated carbocycles. The maximum atomic E-state index is 13.1. The summed E-state index contributed by atoms with van der Waals surface area (Å²) in [7, 11) is 0. The minimum Gasteiger partial charge on any atom is -0.463 e. The molecule has 0 amide bonds. The molecular weight excluding hydrogens is 426 g/mol. The number of aliphatic hydroxyl groups excluding tert-OH is 1. The molecule has 0 bridgehead atoms. The van der Waals surface area contributed by atoms with E-state index in [0.717, 1.165) is 44.5 Å². The van der Waals surface area contributed by atoms with Gasteiger partial charge in [-0.15, -0.1) is 0 Å². The lowest BCUT2D eigenvalue weighted by Gasteiger charge is -2.38. The van der Waals surface area contributed by atoms with Crippen LogP contribution in [0.1, 0.15) is 65.0 Å². The van der Waals surface area contributed by atoms with Gasteiger partial charge in [-0.05, 0) is 43.9 Å². The quantitative estimate of drug-likeness (QED) is 0.428. The summed E-state index contributed by atoms with van der Waals surface area (Å²) in [5, 5.41) is 22.6. The number of aliphatic hydroxyl groups is 2. The average Bonchev–Trinajstić information content (AvgIpc) is 2.84. The monoisotopic (exact) mass is 465 g/mol. The van der Waals surface area contributed by atoms with Gasteiger partial charge in [-0.2, -0.15) is 0 Å². The van der Waals surface area contributed by atoms with Crippen molar-refractivity contribution in [1.82, 2.24) is 0 Å². The minimum absolute atomic E-state index is 0.122. The summed E-state index contributed by atoms with van der Waals surface area (Å²) in [5.74, 6) is -1.19. The van der Waals surface area contributed by atoms with E-state index >= 15 is 0 Å². The Kier molecular flexibility index (Phi) is 10.8. The van der Waals surface area contributed by atoms with Crippen LogP contribution in [0.3, 0.4) is 0 Å². The maximum absolute atomic E-state index is 13.1. The first-order chi connectivity index (χ1) is 15.8. The van der Waals surface area contributed by atoms with Crippen molar-refractivity contribution in [2.24, 2.45) is 5.92 Å². The number of ether oxygens (including phenoxy) is 3. The molecule has 0 aromatic heterocycles. The molecule has 0 radical (unpaired) electrons. The fourth-order valence-corrected chi connectivity index (χ4v) is 3.94. The van der Waals surface area contributed by atoms with Crippen molar-refractivity contribution in [3.8, 4) is 0 Å². The van der Waals surface area contributed by atoms with Crippen molar-refractivity contribution in [2.75, 3.05) is 37.8 Å². The Labute approximate surface area is 196 Å². The first kappa shape index (κ1) is 27.2. The maximum Gasteiger partial charge on any atom is 0.346 e. The highest BCUT2D eigenvalue weighted by Crippen LogP contribution is 2.35. The van der Waals surface area contributed by atoms with E-state index in [1.165, 1.54) is 0 Å². The van der Waals surface area contributed by atoms with E-state index in [-0.39, 0.29) is 31.5 Å². The molecule has 1 aromatic carbocycles. The number of esters is 1. The van der Waals surface area contributed by atoms with Crippen molar-refractivity contribution in [2.45, 2.75) is 71.4 Å².